The number of carbonyl (C=O) groups is 1. The number of fused-ring (bicyclic) bond motifs is 2. The van der Waals surface area contributed by atoms with Crippen molar-refractivity contribution in [3.63, 3.8) is 0 Å². The van der Waals surface area contributed by atoms with Crippen molar-refractivity contribution in [3.05, 3.63) is 18.0 Å². The topological polar surface area (TPSA) is 62.9 Å². The summed E-state index contributed by atoms with van der Waals surface area (Å²) in [7, 11) is 1.90. The van der Waals surface area contributed by atoms with Crippen LogP contribution in [-0.2, 0) is 11.8 Å². The fraction of sp³-hybridized carbons (Fsp3) is 0.455. The second kappa shape index (κ2) is 2.64. The second-order valence-electron chi connectivity index (χ2n) is 4.72. The fourth-order valence-corrected chi connectivity index (χ4v) is 2.68. The summed E-state index contributed by atoms with van der Waals surface area (Å²) in [5.41, 5.74) is 0.653. The molecular formula is C11H11N5O. The van der Waals surface area contributed by atoms with Gasteiger partial charge in [0.15, 0.2) is 0 Å². The van der Waals surface area contributed by atoms with Crippen LogP contribution in [0.5, 0.6) is 0 Å². The Bertz CT molecular complexity index is 580. The Morgan fingerprint density at radius 3 is 2.94 bits per heavy atom. The number of aryl methyl sites for hydroxylation is 1. The number of rotatable bonds is 1. The molecule has 1 unspecified atom stereocenters. The molecule has 0 aromatic carbocycles. The largest absolute Gasteiger partial charge is 0.312 e. The summed E-state index contributed by atoms with van der Waals surface area (Å²) in [6, 6.07) is 1.95. The third-order valence-corrected chi connectivity index (χ3v) is 3.77. The second-order valence-corrected chi connectivity index (χ2v) is 4.72. The van der Waals surface area contributed by atoms with E-state index in [1.165, 1.54) is 0 Å². The quantitative estimate of drug-likeness (QED) is 0.694. The zero-order valence-corrected chi connectivity index (χ0v) is 9.37. The van der Waals surface area contributed by atoms with E-state index in [0.717, 1.165) is 18.5 Å². The number of aromatic nitrogens is 2. The molecule has 1 saturated carbocycles. The first-order valence-electron chi connectivity index (χ1n) is 5.67. The van der Waals surface area contributed by atoms with Crippen molar-refractivity contribution in [1.82, 2.24) is 14.7 Å². The third kappa shape index (κ3) is 0.956. The van der Waals surface area contributed by atoms with Crippen molar-refractivity contribution in [3.8, 4) is 0 Å². The van der Waals surface area contributed by atoms with Gasteiger partial charge in [-0.05, 0) is 18.9 Å². The van der Waals surface area contributed by atoms with E-state index in [0.29, 0.717) is 5.96 Å². The molecule has 2 aliphatic heterocycles. The maximum Gasteiger partial charge on any atom is 0.274 e. The molecule has 1 amide bonds. The standard InChI is InChI=1S/C11H11N5O/c1-15-7(2-5-13-15)8-6-12-10-14-9(17)11(3-4-11)16(8)10/h2,5-6,8H,3-4H2,1H3. The smallest absolute Gasteiger partial charge is 0.274 e. The average molecular weight is 229 g/mol. The number of aliphatic imine (C=N–C) groups is 2. The number of guanidine groups is 1. The Labute approximate surface area is 97.7 Å². The van der Waals surface area contributed by atoms with Crippen LogP contribution < -0.4 is 0 Å². The highest BCUT2D eigenvalue weighted by molar-refractivity contribution is 6.12. The Hall–Kier alpha value is -1.98. The van der Waals surface area contributed by atoms with Gasteiger partial charge in [-0.25, -0.2) is 4.99 Å². The first kappa shape index (κ1) is 9.09. The van der Waals surface area contributed by atoms with Crippen LogP contribution in [0.3, 0.4) is 0 Å². The summed E-state index contributed by atoms with van der Waals surface area (Å²) in [5, 5.41) is 4.17. The molecule has 4 rings (SSSR count). The van der Waals surface area contributed by atoms with E-state index in [-0.39, 0.29) is 17.5 Å². The minimum Gasteiger partial charge on any atom is -0.312 e. The maximum absolute atomic E-state index is 11.8. The summed E-state index contributed by atoms with van der Waals surface area (Å²) < 4.78 is 1.82. The van der Waals surface area contributed by atoms with Gasteiger partial charge in [0.25, 0.3) is 5.91 Å². The molecule has 3 heterocycles. The molecule has 0 N–H and O–H groups in total. The van der Waals surface area contributed by atoms with Crippen LogP contribution in [0.15, 0.2) is 22.2 Å². The predicted octanol–water partition coefficient (Wildman–Crippen LogP) is 0.276. The van der Waals surface area contributed by atoms with Crippen LogP contribution in [-0.4, -0.2) is 38.3 Å². The molecule has 1 aliphatic carbocycles. The Balaban J connectivity index is 1.81. The molecule has 86 valence electrons. The molecule has 1 aromatic heterocycles. The molecular weight excluding hydrogens is 218 g/mol. The number of amides is 1. The number of nitrogens with zero attached hydrogens (tertiary/aromatic N) is 5. The van der Waals surface area contributed by atoms with E-state index < -0.39 is 0 Å². The van der Waals surface area contributed by atoms with E-state index in [1.807, 2.05) is 28.9 Å². The molecule has 6 heteroatoms. The molecule has 1 spiro atoms. The highest BCUT2D eigenvalue weighted by Gasteiger charge is 2.62. The van der Waals surface area contributed by atoms with Gasteiger partial charge in [0.1, 0.15) is 11.6 Å². The minimum absolute atomic E-state index is 0.00444. The monoisotopic (exact) mass is 229 g/mol. The molecule has 1 fully saturated rings. The Morgan fingerprint density at radius 2 is 2.29 bits per heavy atom. The molecule has 17 heavy (non-hydrogen) atoms. The minimum atomic E-state index is -0.388. The lowest BCUT2D eigenvalue weighted by molar-refractivity contribution is -0.121. The van der Waals surface area contributed by atoms with Crippen molar-refractivity contribution in [2.75, 3.05) is 0 Å². The summed E-state index contributed by atoms with van der Waals surface area (Å²) in [5.74, 6) is 0.537. The lowest BCUT2D eigenvalue weighted by atomic mass is 10.1. The van der Waals surface area contributed by atoms with Crippen LogP contribution in [0.1, 0.15) is 24.6 Å². The molecule has 0 radical (unpaired) electrons. The predicted molar refractivity (Wildman–Crippen MR) is 60.7 cm³/mol. The van der Waals surface area contributed by atoms with E-state index in [4.69, 9.17) is 0 Å². The Morgan fingerprint density at radius 1 is 1.47 bits per heavy atom. The van der Waals surface area contributed by atoms with Gasteiger partial charge in [-0.1, -0.05) is 0 Å². The lowest BCUT2D eigenvalue weighted by Gasteiger charge is -2.26. The zero-order chi connectivity index (χ0) is 11.6. The molecule has 1 aromatic rings. The van der Waals surface area contributed by atoms with Crippen LogP contribution >= 0.6 is 0 Å². The molecule has 1 atom stereocenters. The van der Waals surface area contributed by atoms with Crippen LogP contribution in [0.2, 0.25) is 0 Å². The van der Waals surface area contributed by atoms with Gasteiger partial charge in [0, 0.05) is 19.5 Å². The summed E-state index contributed by atoms with van der Waals surface area (Å²) in [6.07, 6.45) is 5.38. The summed E-state index contributed by atoms with van der Waals surface area (Å²) in [6.45, 7) is 0. The van der Waals surface area contributed by atoms with Crippen molar-refractivity contribution < 1.29 is 4.79 Å². The fourth-order valence-electron chi connectivity index (χ4n) is 2.68. The van der Waals surface area contributed by atoms with E-state index in [1.54, 1.807) is 6.20 Å². The first-order chi connectivity index (χ1) is 8.22. The highest BCUT2D eigenvalue weighted by atomic mass is 16.2. The first-order valence-corrected chi connectivity index (χ1v) is 5.67. The van der Waals surface area contributed by atoms with Crippen LogP contribution in [0.25, 0.3) is 0 Å². The molecule has 6 nitrogen and oxygen atoms in total. The highest BCUT2D eigenvalue weighted by Crippen LogP contribution is 2.51. The van der Waals surface area contributed by atoms with E-state index in [2.05, 4.69) is 15.1 Å². The molecule has 3 aliphatic rings. The SMILES string of the molecule is Cn1nccc1C1C=NC2=NC(=O)C3(CC3)N21. The number of hydrogen-bond donors (Lipinski definition) is 0. The van der Waals surface area contributed by atoms with Crippen molar-refractivity contribution in [1.29, 1.82) is 0 Å². The van der Waals surface area contributed by atoms with Gasteiger partial charge in [-0.3, -0.25) is 9.48 Å². The van der Waals surface area contributed by atoms with E-state index in [9.17, 15) is 4.79 Å². The summed E-state index contributed by atoms with van der Waals surface area (Å²) in [4.78, 5) is 22.2. The zero-order valence-electron chi connectivity index (χ0n) is 9.37. The van der Waals surface area contributed by atoms with Crippen molar-refractivity contribution in [2.45, 2.75) is 24.4 Å². The third-order valence-electron chi connectivity index (χ3n) is 3.77. The normalized spacial score (nSPS) is 27.8. The van der Waals surface area contributed by atoms with Gasteiger partial charge in [0.05, 0.1) is 5.69 Å². The van der Waals surface area contributed by atoms with Gasteiger partial charge in [0.2, 0.25) is 5.96 Å². The van der Waals surface area contributed by atoms with Gasteiger partial charge < -0.3 is 4.90 Å². The van der Waals surface area contributed by atoms with Crippen LogP contribution in [0, 0.1) is 0 Å². The van der Waals surface area contributed by atoms with E-state index >= 15 is 0 Å². The number of carbonyl (C=O) groups excluding carboxylic acids is 1. The van der Waals surface area contributed by atoms with Crippen molar-refractivity contribution >= 4 is 18.1 Å². The average Bonchev–Trinajstić information content (AvgIpc) is 2.72. The molecule has 0 saturated heterocycles. The van der Waals surface area contributed by atoms with Gasteiger partial charge in [-0.2, -0.15) is 10.1 Å². The van der Waals surface area contributed by atoms with Crippen molar-refractivity contribution in [2.24, 2.45) is 17.0 Å². The van der Waals surface area contributed by atoms with Crippen LogP contribution in [0.4, 0.5) is 0 Å². The maximum atomic E-state index is 11.8. The lowest BCUT2D eigenvalue weighted by Crippen LogP contribution is -2.40. The van der Waals surface area contributed by atoms with Gasteiger partial charge in [-0.15, -0.1) is 0 Å². The van der Waals surface area contributed by atoms with Gasteiger partial charge >= 0.3 is 0 Å². The Kier molecular flexibility index (Phi) is 1.41. The number of hydrogen-bond acceptors (Lipinski definition) is 4. The molecule has 0 bridgehead atoms. The summed E-state index contributed by atoms with van der Waals surface area (Å²) >= 11 is 0.